The van der Waals surface area contributed by atoms with Crippen LogP contribution in [0.2, 0.25) is 0 Å². The van der Waals surface area contributed by atoms with E-state index >= 15 is 0 Å². The first-order valence-corrected chi connectivity index (χ1v) is 8.85. The van der Waals surface area contributed by atoms with Crippen LogP contribution in [0.3, 0.4) is 0 Å². The van der Waals surface area contributed by atoms with Gasteiger partial charge in [0.2, 0.25) is 5.91 Å². The lowest BCUT2D eigenvalue weighted by atomic mass is 10.0. The van der Waals surface area contributed by atoms with E-state index in [1.165, 1.54) is 15.6 Å². The molecule has 1 fully saturated rings. The number of hydrogen-bond donors (Lipinski definition) is 1. The molecule has 150 valence electrons. The van der Waals surface area contributed by atoms with E-state index < -0.39 is 23.2 Å². The molecular weight excluding hydrogens is 373 g/mol. The first kappa shape index (κ1) is 19.9. The van der Waals surface area contributed by atoms with Crippen molar-refractivity contribution >= 4 is 23.2 Å². The lowest BCUT2D eigenvalue weighted by Crippen LogP contribution is -2.41. The van der Waals surface area contributed by atoms with Crippen LogP contribution in [0, 0.1) is 6.92 Å². The molecule has 2 aromatic rings. The summed E-state index contributed by atoms with van der Waals surface area (Å²) in [4.78, 5) is 26.3. The van der Waals surface area contributed by atoms with Crippen molar-refractivity contribution in [3.63, 3.8) is 0 Å². The number of alkyl halides is 3. The van der Waals surface area contributed by atoms with Crippen LogP contribution >= 0.6 is 0 Å². The van der Waals surface area contributed by atoms with Gasteiger partial charge in [0.25, 0.3) is 5.91 Å². The topological polar surface area (TPSA) is 67.2 Å². The Balaban J connectivity index is 1.96. The largest absolute Gasteiger partial charge is 0.416 e. The van der Waals surface area contributed by atoms with Crippen LogP contribution < -0.4 is 10.2 Å². The summed E-state index contributed by atoms with van der Waals surface area (Å²) in [5.74, 6) is -0.722. The van der Waals surface area contributed by atoms with E-state index in [0.717, 1.165) is 17.7 Å². The van der Waals surface area contributed by atoms with Crippen molar-refractivity contribution in [2.24, 2.45) is 0 Å². The van der Waals surface area contributed by atoms with Gasteiger partial charge in [-0.25, -0.2) is 0 Å². The number of halogens is 3. The van der Waals surface area contributed by atoms with Crippen LogP contribution in [-0.2, 0) is 21.3 Å². The summed E-state index contributed by atoms with van der Waals surface area (Å²) in [5, 5.41) is 6.82. The summed E-state index contributed by atoms with van der Waals surface area (Å²) in [5.41, 5.74) is -0.868. The van der Waals surface area contributed by atoms with Gasteiger partial charge >= 0.3 is 6.18 Å². The van der Waals surface area contributed by atoms with Gasteiger partial charge in [-0.3, -0.25) is 14.3 Å². The molecule has 1 saturated heterocycles. The summed E-state index contributed by atoms with van der Waals surface area (Å²) < 4.78 is 41.0. The highest BCUT2D eigenvalue weighted by molar-refractivity contribution is 6.03. The standard InChI is InChI=1S/C19H21F3N4O2/c1-12-10-23-26(11-12)18(2,3)17(28)24-14-7-6-13(19(20,21)22)9-15(14)25-8-4-5-16(25)27/h6-7,9-11H,4-5,8H2,1-3H3,(H,24,28). The molecule has 0 radical (unpaired) electrons. The molecule has 28 heavy (non-hydrogen) atoms. The van der Waals surface area contributed by atoms with Gasteiger partial charge in [-0.1, -0.05) is 0 Å². The van der Waals surface area contributed by atoms with Crippen LogP contribution in [-0.4, -0.2) is 28.1 Å². The number of benzene rings is 1. The highest BCUT2D eigenvalue weighted by atomic mass is 19.4. The third-order valence-corrected chi connectivity index (χ3v) is 4.78. The van der Waals surface area contributed by atoms with Gasteiger partial charge < -0.3 is 10.2 Å². The quantitative estimate of drug-likeness (QED) is 0.860. The Labute approximate surface area is 160 Å². The van der Waals surface area contributed by atoms with E-state index in [0.29, 0.717) is 13.0 Å². The Morgan fingerprint density at radius 1 is 1.25 bits per heavy atom. The maximum absolute atomic E-state index is 13.2. The first-order valence-electron chi connectivity index (χ1n) is 8.85. The monoisotopic (exact) mass is 394 g/mol. The summed E-state index contributed by atoms with van der Waals surface area (Å²) in [6, 6.07) is 2.99. The highest BCUT2D eigenvalue weighted by Gasteiger charge is 2.35. The van der Waals surface area contributed by atoms with E-state index in [2.05, 4.69) is 10.4 Å². The SMILES string of the molecule is Cc1cnn(C(C)(C)C(=O)Nc2ccc(C(F)(F)F)cc2N2CCCC2=O)c1. The van der Waals surface area contributed by atoms with Gasteiger partial charge in [-0.2, -0.15) is 18.3 Å². The highest BCUT2D eigenvalue weighted by Crippen LogP contribution is 2.37. The minimum Gasteiger partial charge on any atom is -0.322 e. The van der Waals surface area contributed by atoms with E-state index in [4.69, 9.17) is 0 Å². The van der Waals surface area contributed by atoms with Crippen LogP contribution in [0.15, 0.2) is 30.6 Å². The van der Waals surface area contributed by atoms with Gasteiger partial charge in [0.15, 0.2) is 0 Å². The third-order valence-electron chi connectivity index (χ3n) is 4.78. The van der Waals surface area contributed by atoms with Crippen molar-refractivity contribution in [2.75, 3.05) is 16.8 Å². The van der Waals surface area contributed by atoms with Crippen molar-refractivity contribution in [2.45, 2.75) is 45.3 Å². The number of aryl methyl sites for hydroxylation is 1. The molecule has 2 amide bonds. The zero-order chi connectivity index (χ0) is 20.7. The summed E-state index contributed by atoms with van der Waals surface area (Å²) in [6.45, 7) is 5.45. The van der Waals surface area contributed by atoms with Crippen molar-refractivity contribution in [3.05, 3.63) is 41.7 Å². The van der Waals surface area contributed by atoms with Crippen molar-refractivity contribution in [3.8, 4) is 0 Å². The number of amides is 2. The number of nitrogens with zero attached hydrogens (tertiary/aromatic N) is 3. The zero-order valence-electron chi connectivity index (χ0n) is 15.8. The van der Waals surface area contributed by atoms with Gasteiger partial charge in [0.1, 0.15) is 5.54 Å². The molecule has 1 aromatic heterocycles. The number of anilines is 2. The Hall–Kier alpha value is -2.84. The molecule has 1 N–H and O–H groups in total. The molecule has 1 aliphatic rings. The second kappa shape index (κ2) is 6.96. The summed E-state index contributed by atoms with van der Waals surface area (Å²) in [6.07, 6.45) is -0.410. The van der Waals surface area contributed by atoms with E-state index in [9.17, 15) is 22.8 Å². The molecule has 9 heteroatoms. The van der Waals surface area contributed by atoms with Gasteiger partial charge in [-0.15, -0.1) is 0 Å². The van der Waals surface area contributed by atoms with Gasteiger partial charge in [0, 0.05) is 19.2 Å². The second-order valence-electron chi connectivity index (χ2n) is 7.35. The zero-order valence-corrected chi connectivity index (χ0v) is 15.8. The Bertz CT molecular complexity index is 918. The lowest BCUT2D eigenvalue weighted by molar-refractivity contribution is -0.137. The molecule has 0 atom stereocenters. The molecule has 2 heterocycles. The number of carbonyl (C=O) groups is 2. The van der Waals surface area contributed by atoms with Gasteiger partial charge in [-0.05, 0) is 51.0 Å². The second-order valence-corrected chi connectivity index (χ2v) is 7.35. The predicted octanol–water partition coefficient (Wildman–Crippen LogP) is 3.71. The molecule has 3 rings (SSSR count). The molecule has 0 saturated carbocycles. The fraction of sp³-hybridized carbons (Fsp3) is 0.421. The first-order chi connectivity index (χ1) is 13.0. The average molecular weight is 394 g/mol. The summed E-state index contributed by atoms with van der Waals surface area (Å²) in [7, 11) is 0. The molecule has 0 bridgehead atoms. The maximum atomic E-state index is 13.2. The van der Waals surface area contributed by atoms with Crippen molar-refractivity contribution in [1.29, 1.82) is 0 Å². The minimum atomic E-state index is -4.55. The smallest absolute Gasteiger partial charge is 0.322 e. The summed E-state index contributed by atoms with van der Waals surface area (Å²) >= 11 is 0. The molecule has 0 aliphatic carbocycles. The Kier molecular flexibility index (Phi) is 4.95. The number of hydrogen-bond acceptors (Lipinski definition) is 3. The molecule has 1 aliphatic heterocycles. The van der Waals surface area contributed by atoms with E-state index in [-0.39, 0.29) is 23.7 Å². The molecule has 6 nitrogen and oxygen atoms in total. The van der Waals surface area contributed by atoms with Crippen LogP contribution in [0.5, 0.6) is 0 Å². The molecule has 0 unspecified atom stereocenters. The molecule has 0 spiro atoms. The predicted molar refractivity (Wildman–Crippen MR) is 97.9 cm³/mol. The lowest BCUT2D eigenvalue weighted by Gasteiger charge is -2.27. The number of nitrogens with one attached hydrogen (secondary N) is 1. The minimum absolute atomic E-state index is 0.0538. The maximum Gasteiger partial charge on any atom is 0.416 e. The fourth-order valence-corrected chi connectivity index (χ4v) is 3.04. The van der Waals surface area contributed by atoms with Gasteiger partial charge in [0.05, 0.1) is 23.1 Å². The number of rotatable bonds is 4. The van der Waals surface area contributed by atoms with Crippen LogP contribution in [0.25, 0.3) is 0 Å². The third kappa shape index (κ3) is 3.74. The van der Waals surface area contributed by atoms with Crippen LogP contribution in [0.1, 0.15) is 37.8 Å². The molecule has 1 aromatic carbocycles. The van der Waals surface area contributed by atoms with E-state index in [1.807, 2.05) is 6.92 Å². The number of aromatic nitrogens is 2. The number of carbonyl (C=O) groups excluding carboxylic acids is 2. The average Bonchev–Trinajstić information content (AvgIpc) is 3.23. The molecular formula is C19H21F3N4O2. The van der Waals surface area contributed by atoms with Crippen molar-refractivity contribution < 1.29 is 22.8 Å². The normalized spacial score (nSPS) is 15.2. The van der Waals surface area contributed by atoms with E-state index in [1.54, 1.807) is 26.2 Å². The Morgan fingerprint density at radius 2 is 1.96 bits per heavy atom. The van der Waals surface area contributed by atoms with Crippen molar-refractivity contribution in [1.82, 2.24) is 9.78 Å². The fourth-order valence-electron chi connectivity index (χ4n) is 3.04. The van der Waals surface area contributed by atoms with Crippen LogP contribution in [0.4, 0.5) is 24.5 Å². The Morgan fingerprint density at radius 3 is 2.50 bits per heavy atom.